The molecule has 0 amide bonds. The maximum atomic E-state index is 12.1. The third-order valence-electron chi connectivity index (χ3n) is 2.96. The minimum atomic E-state index is -4.38. The Bertz CT molecular complexity index is 796. The molecule has 0 atom stereocenters. The van der Waals surface area contributed by atoms with Crippen molar-refractivity contribution >= 4 is 5.65 Å². The second-order valence-electron chi connectivity index (χ2n) is 4.70. The van der Waals surface area contributed by atoms with Crippen LogP contribution in [-0.4, -0.2) is 32.4 Å². The maximum Gasteiger partial charge on any atom is 0.422 e. The van der Waals surface area contributed by atoms with E-state index in [9.17, 15) is 13.2 Å². The molecule has 0 aliphatic carbocycles. The quantitative estimate of drug-likeness (QED) is 0.746. The number of nitrogens with zero attached hydrogens (tertiary/aromatic N) is 4. The number of aryl methyl sites for hydroxylation is 1. The number of pyridine rings is 1. The molecular formula is C14H11F3N4O. The van der Waals surface area contributed by atoms with E-state index in [0.29, 0.717) is 11.3 Å². The van der Waals surface area contributed by atoms with Gasteiger partial charge in [-0.25, -0.2) is 14.5 Å². The third-order valence-corrected chi connectivity index (χ3v) is 2.96. The van der Waals surface area contributed by atoms with Crippen LogP contribution in [-0.2, 0) is 0 Å². The monoisotopic (exact) mass is 308 g/mol. The normalized spacial score (nSPS) is 11.8. The number of ether oxygens (including phenoxy) is 1. The highest BCUT2D eigenvalue weighted by Crippen LogP contribution is 2.21. The Hall–Kier alpha value is -2.64. The summed E-state index contributed by atoms with van der Waals surface area (Å²) in [5.74, 6) is -0.0808. The molecule has 22 heavy (non-hydrogen) atoms. The largest absolute Gasteiger partial charge is 0.468 e. The summed E-state index contributed by atoms with van der Waals surface area (Å²) in [5.41, 5.74) is 2.99. The number of fused-ring (bicyclic) bond motifs is 1. The van der Waals surface area contributed by atoms with Crippen molar-refractivity contribution in [3.8, 4) is 17.1 Å². The van der Waals surface area contributed by atoms with Crippen LogP contribution in [0.25, 0.3) is 16.9 Å². The number of halogens is 3. The van der Waals surface area contributed by atoms with E-state index in [4.69, 9.17) is 0 Å². The number of hydrogen-bond donors (Lipinski definition) is 0. The van der Waals surface area contributed by atoms with E-state index < -0.39 is 12.8 Å². The van der Waals surface area contributed by atoms with Crippen molar-refractivity contribution in [1.29, 1.82) is 0 Å². The Morgan fingerprint density at radius 3 is 2.68 bits per heavy atom. The van der Waals surface area contributed by atoms with Crippen molar-refractivity contribution in [2.45, 2.75) is 13.1 Å². The van der Waals surface area contributed by atoms with Crippen molar-refractivity contribution in [1.82, 2.24) is 19.6 Å². The van der Waals surface area contributed by atoms with Gasteiger partial charge in [-0.2, -0.15) is 18.3 Å². The van der Waals surface area contributed by atoms with Crippen LogP contribution in [0.1, 0.15) is 5.56 Å². The fourth-order valence-corrected chi connectivity index (χ4v) is 1.92. The Balaban J connectivity index is 1.83. The third kappa shape index (κ3) is 3.00. The van der Waals surface area contributed by atoms with Gasteiger partial charge in [0.1, 0.15) is 0 Å². The highest BCUT2D eigenvalue weighted by molar-refractivity contribution is 5.61. The zero-order chi connectivity index (χ0) is 15.7. The molecule has 0 aliphatic rings. The van der Waals surface area contributed by atoms with E-state index in [1.807, 2.05) is 6.92 Å². The molecule has 3 heterocycles. The summed E-state index contributed by atoms with van der Waals surface area (Å²) in [6.45, 7) is 0.532. The number of alkyl halides is 3. The SMILES string of the molecule is Cc1cnn2ccc(-c3ccc(OCC(F)(F)F)nc3)nc12. The Kier molecular flexibility index (Phi) is 3.44. The average Bonchev–Trinajstić information content (AvgIpc) is 2.86. The summed E-state index contributed by atoms with van der Waals surface area (Å²) in [7, 11) is 0. The van der Waals surface area contributed by atoms with Gasteiger partial charge in [-0.1, -0.05) is 0 Å². The fraction of sp³-hybridized carbons (Fsp3) is 0.214. The van der Waals surface area contributed by atoms with Crippen LogP contribution in [0.4, 0.5) is 13.2 Å². The van der Waals surface area contributed by atoms with E-state index in [2.05, 4.69) is 19.8 Å². The number of hydrogen-bond acceptors (Lipinski definition) is 4. The Morgan fingerprint density at radius 2 is 2.00 bits per heavy atom. The molecule has 0 spiro atoms. The summed E-state index contributed by atoms with van der Waals surface area (Å²) in [6.07, 6.45) is 0.514. The van der Waals surface area contributed by atoms with Crippen molar-refractivity contribution in [2.75, 3.05) is 6.61 Å². The Labute approximate surface area is 123 Å². The highest BCUT2D eigenvalue weighted by Gasteiger charge is 2.28. The van der Waals surface area contributed by atoms with E-state index in [-0.39, 0.29) is 5.88 Å². The molecule has 3 aromatic heterocycles. The molecule has 0 N–H and O–H groups in total. The first-order chi connectivity index (χ1) is 10.4. The van der Waals surface area contributed by atoms with Crippen LogP contribution in [0, 0.1) is 6.92 Å². The molecule has 0 fully saturated rings. The Morgan fingerprint density at radius 1 is 1.18 bits per heavy atom. The molecule has 0 aromatic carbocycles. The van der Waals surface area contributed by atoms with Gasteiger partial charge in [-0.05, 0) is 19.1 Å². The van der Waals surface area contributed by atoms with Crippen LogP contribution < -0.4 is 4.74 Å². The lowest BCUT2D eigenvalue weighted by molar-refractivity contribution is -0.154. The van der Waals surface area contributed by atoms with E-state index in [1.165, 1.54) is 12.3 Å². The highest BCUT2D eigenvalue weighted by atomic mass is 19.4. The molecule has 3 rings (SSSR count). The lowest BCUT2D eigenvalue weighted by Gasteiger charge is -2.08. The van der Waals surface area contributed by atoms with E-state index in [0.717, 1.165) is 11.2 Å². The molecule has 3 aromatic rings. The van der Waals surface area contributed by atoms with Gasteiger partial charge < -0.3 is 4.74 Å². The maximum absolute atomic E-state index is 12.1. The van der Waals surface area contributed by atoms with Gasteiger partial charge in [0.25, 0.3) is 0 Å². The molecule has 0 saturated carbocycles. The zero-order valence-corrected chi connectivity index (χ0v) is 11.5. The number of aromatic nitrogens is 4. The standard InChI is InChI=1S/C14H11F3N4O/c1-9-6-19-21-5-4-11(20-13(9)21)10-2-3-12(18-7-10)22-8-14(15,16)17/h2-7H,8H2,1H3. The first kappa shape index (κ1) is 14.3. The summed E-state index contributed by atoms with van der Waals surface area (Å²) in [4.78, 5) is 8.32. The first-order valence-corrected chi connectivity index (χ1v) is 6.39. The van der Waals surface area contributed by atoms with Gasteiger partial charge in [0.2, 0.25) is 5.88 Å². The first-order valence-electron chi connectivity index (χ1n) is 6.39. The number of rotatable bonds is 3. The van der Waals surface area contributed by atoms with E-state index in [1.54, 1.807) is 29.0 Å². The minimum absolute atomic E-state index is 0.0808. The van der Waals surface area contributed by atoms with Crippen molar-refractivity contribution in [2.24, 2.45) is 0 Å². The zero-order valence-electron chi connectivity index (χ0n) is 11.5. The fourth-order valence-electron chi connectivity index (χ4n) is 1.92. The molecule has 114 valence electrons. The van der Waals surface area contributed by atoms with Crippen LogP contribution in [0.2, 0.25) is 0 Å². The van der Waals surface area contributed by atoms with E-state index >= 15 is 0 Å². The molecule has 0 aliphatic heterocycles. The summed E-state index contributed by atoms with van der Waals surface area (Å²) < 4.78 is 42.4. The van der Waals surface area contributed by atoms with Crippen molar-refractivity contribution < 1.29 is 17.9 Å². The predicted octanol–water partition coefficient (Wildman–Crippen LogP) is 3.04. The molecule has 0 unspecified atom stereocenters. The van der Waals surface area contributed by atoms with Gasteiger partial charge in [0.05, 0.1) is 11.9 Å². The predicted molar refractivity (Wildman–Crippen MR) is 72.5 cm³/mol. The van der Waals surface area contributed by atoms with Crippen LogP contribution >= 0.6 is 0 Å². The summed E-state index contributed by atoms with van der Waals surface area (Å²) >= 11 is 0. The molecule has 0 saturated heterocycles. The van der Waals surface area contributed by atoms with Gasteiger partial charge >= 0.3 is 6.18 Å². The van der Waals surface area contributed by atoms with Crippen molar-refractivity contribution in [3.05, 3.63) is 42.4 Å². The molecule has 5 nitrogen and oxygen atoms in total. The second kappa shape index (κ2) is 5.28. The van der Waals surface area contributed by atoms with Gasteiger partial charge in [0, 0.05) is 29.6 Å². The van der Waals surface area contributed by atoms with Crippen LogP contribution in [0.15, 0.2) is 36.8 Å². The van der Waals surface area contributed by atoms with Crippen molar-refractivity contribution in [3.63, 3.8) is 0 Å². The van der Waals surface area contributed by atoms with Gasteiger partial charge in [-0.15, -0.1) is 0 Å². The van der Waals surface area contributed by atoms with Crippen LogP contribution in [0.3, 0.4) is 0 Å². The lowest BCUT2D eigenvalue weighted by Crippen LogP contribution is -2.19. The molecular weight excluding hydrogens is 297 g/mol. The summed E-state index contributed by atoms with van der Waals surface area (Å²) in [5, 5.41) is 4.13. The summed E-state index contributed by atoms with van der Waals surface area (Å²) in [6, 6.07) is 4.76. The molecule has 0 bridgehead atoms. The van der Waals surface area contributed by atoms with Gasteiger partial charge in [0.15, 0.2) is 12.3 Å². The molecule has 0 radical (unpaired) electrons. The topological polar surface area (TPSA) is 52.3 Å². The smallest absolute Gasteiger partial charge is 0.422 e. The molecule has 8 heteroatoms. The van der Waals surface area contributed by atoms with Crippen LogP contribution in [0.5, 0.6) is 5.88 Å². The lowest BCUT2D eigenvalue weighted by atomic mass is 10.2. The van der Waals surface area contributed by atoms with Gasteiger partial charge in [-0.3, -0.25) is 0 Å². The minimum Gasteiger partial charge on any atom is -0.468 e. The second-order valence-corrected chi connectivity index (χ2v) is 4.70. The average molecular weight is 308 g/mol.